The maximum absolute atomic E-state index is 12.6. The molecule has 1 aromatic heterocycles. The lowest BCUT2D eigenvalue weighted by Crippen LogP contribution is -2.38. The van der Waals surface area contributed by atoms with Crippen molar-refractivity contribution < 1.29 is 9.53 Å². The number of morpholine rings is 1. The third-order valence-corrected chi connectivity index (χ3v) is 5.87. The highest BCUT2D eigenvalue weighted by molar-refractivity contribution is 7.99. The van der Waals surface area contributed by atoms with Gasteiger partial charge in [-0.25, -0.2) is 0 Å². The molecule has 0 aliphatic carbocycles. The Balaban J connectivity index is 1.66. The molecule has 1 fully saturated rings. The molecule has 2 aromatic rings. The van der Waals surface area contributed by atoms with E-state index in [2.05, 4.69) is 64.0 Å². The van der Waals surface area contributed by atoms with Crippen LogP contribution in [0.1, 0.15) is 31.9 Å². The summed E-state index contributed by atoms with van der Waals surface area (Å²) in [5, 5.41) is 12.6. The highest BCUT2D eigenvalue weighted by atomic mass is 32.2. The lowest BCUT2D eigenvalue weighted by atomic mass is 10.0. The lowest BCUT2D eigenvalue weighted by molar-refractivity contribution is -0.113. The van der Waals surface area contributed by atoms with Crippen LogP contribution in [0.3, 0.4) is 0 Å². The van der Waals surface area contributed by atoms with Gasteiger partial charge in [0, 0.05) is 25.3 Å². The SMILES string of the molecule is CCc1cccc(CC)c1NC(=O)CSc1nnc(N2CCOCC2)n1CC. The second-order valence-electron chi connectivity index (χ2n) is 6.62. The molecule has 28 heavy (non-hydrogen) atoms. The number of aromatic nitrogens is 3. The van der Waals surface area contributed by atoms with Crippen LogP contribution in [0.5, 0.6) is 0 Å². The third kappa shape index (κ3) is 4.67. The van der Waals surface area contributed by atoms with Gasteiger partial charge in [-0.05, 0) is 30.9 Å². The first-order valence-electron chi connectivity index (χ1n) is 9.97. The minimum atomic E-state index is -0.0147. The Morgan fingerprint density at radius 2 is 1.82 bits per heavy atom. The predicted octanol–water partition coefficient (Wildman–Crippen LogP) is 2.99. The van der Waals surface area contributed by atoms with Gasteiger partial charge in [0.2, 0.25) is 11.9 Å². The van der Waals surface area contributed by atoms with Crippen LogP contribution in [0, 0.1) is 0 Å². The number of aryl methyl sites for hydroxylation is 2. The number of rotatable bonds is 8. The second-order valence-corrected chi connectivity index (χ2v) is 7.56. The Bertz CT molecular complexity index is 780. The largest absolute Gasteiger partial charge is 0.378 e. The summed E-state index contributed by atoms with van der Waals surface area (Å²) in [4.78, 5) is 14.8. The van der Waals surface area contributed by atoms with E-state index in [1.165, 1.54) is 22.9 Å². The Hall–Kier alpha value is -2.06. The van der Waals surface area contributed by atoms with Gasteiger partial charge in [0.15, 0.2) is 5.16 Å². The molecule has 1 N–H and O–H groups in total. The molecule has 152 valence electrons. The molecule has 0 spiro atoms. The zero-order chi connectivity index (χ0) is 19.9. The van der Waals surface area contributed by atoms with Gasteiger partial charge in [0.25, 0.3) is 0 Å². The molecule has 2 heterocycles. The highest BCUT2D eigenvalue weighted by Crippen LogP contribution is 2.25. The van der Waals surface area contributed by atoms with E-state index in [9.17, 15) is 4.79 Å². The van der Waals surface area contributed by atoms with Crippen molar-refractivity contribution in [3.05, 3.63) is 29.3 Å². The Morgan fingerprint density at radius 3 is 2.43 bits per heavy atom. The number of carbonyl (C=O) groups excluding carboxylic acids is 1. The molecule has 1 aliphatic rings. The average Bonchev–Trinajstić information content (AvgIpc) is 3.16. The van der Waals surface area contributed by atoms with Crippen LogP contribution in [0.2, 0.25) is 0 Å². The van der Waals surface area contributed by atoms with E-state index in [0.29, 0.717) is 19.0 Å². The molecule has 3 rings (SSSR count). The zero-order valence-corrected chi connectivity index (χ0v) is 17.7. The number of amides is 1. The fourth-order valence-corrected chi connectivity index (χ4v) is 4.17. The molecule has 0 saturated carbocycles. The van der Waals surface area contributed by atoms with Gasteiger partial charge < -0.3 is 15.0 Å². The number of anilines is 2. The van der Waals surface area contributed by atoms with E-state index in [4.69, 9.17) is 4.74 Å². The van der Waals surface area contributed by atoms with Crippen LogP contribution in [-0.2, 0) is 28.9 Å². The van der Waals surface area contributed by atoms with Crippen LogP contribution >= 0.6 is 11.8 Å². The van der Waals surface area contributed by atoms with Crippen molar-refractivity contribution in [1.29, 1.82) is 0 Å². The van der Waals surface area contributed by atoms with E-state index in [1.54, 1.807) is 0 Å². The fraction of sp³-hybridized carbons (Fsp3) is 0.550. The number of ether oxygens (including phenoxy) is 1. The van der Waals surface area contributed by atoms with Gasteiger partial charge in [-0.1, -0.05) is 43.8 Å². The summed E-state index contributed by atoms with van der Waals surface area (Å²) in [5.41, 5.74) is 3.30. The van der Waals surface area contributed by atoms with Crippen molar-refractivity contribution in [3.63, 3.8) is 0 Å². The normalized spacial score (nSPS) is 14.3. The summed E-state index contributed by atoms with van der Waals surface area (Å²) < 4.78 is 7.49. The van der Waals surface area contributed by atoms with Crippen molar-refractivity contribution in [1.82, 2.24) is 14.8 Å². The van der Waals surface area contributed by atoms with Crippen LogP contribution in [0.4, 0.5) is 11.6 Å². The monoisotopic (exact) mass is 403 g/mol. The quantitative estimate of drug-likeness (QED) is 0.683. The summed E-state index contributed by atoms with van der Waals surface area (Å²) in [5.74, 6) is 1.15. The van der Waals surface area contributed by atoms with Gasteiger partial charge in [-0.2, -0.15) is 0 Å². The Labute approximate surface area is 170 Å². The summed E-state index contributed by atoms with van der Waals surface area (Å²) in [6, 6.07) is 6.20. The Kier molecular flexibility index (Phi) is 7.33. The molecule has 0 unspecified atom stereocenters. The fourth-order valence-electron chi connectivity index (χ4n) is 3.37. The molecule has 0 radical (unpaired) electrons. The van der Waals surface area contributed by atoms with Crippen LogP contribution in [-0.4, -0.2) is 52.7 Å². The number of hydrogen-bond acceptors (Lipinski definition) is 6. The maximum Gasteiger partial charge on any atom is 0.234 e. The molecular weight excluding hydrogens is 374 g/mol. The smallest absolute Gasteiger partial charge is 0.234 e. The second kappa shape index (κ2) is 9.93. The standard InChI is InChI=1S/C20H29N5O2S/c1-4-15-8-7-9-16(5-2)18(15)21-17(26)14-28-20-23-22-19(25(20)6-3)24-10-12-27-13-11-24/h7-9H,4-6,10-14H2,1-3H3,(H,21,26). The average molecular weight is 404 g/mol. The minimum absolute atomic E-state index is 0.0147. The van der Waals surface area contributed by atoms with E-state index in [-0.39, 0.29) is 5.91 Å². The number of thioether (sulfide) groups is 1. The maximum atomic E-state index is 12.6. The number of hydrogen-bond donors (Lipinski definition) is 1. The summed E-state index contributed by atoms with van der Waals surface area (Å²) >= 11 is 1.43. The van der Waals surface area contributed by atoms with Gasteiger partial charge in [-0.3, -0.25) is 9.36 Å². The van der Waals surface area contributed by atoms with Crippen molar-refractivity contribution in [2.24, 2.45) is 0 Å². The lowest BCUT2D eigenvalue weighted by Gasteiger charge is -2.27. The minimum Gasteiger partial charge on any atom is -0.378 e. The molecule has 8 heteroatoms. The molecule has 7 nitrogen and oxygen atoms in total. The summed E-state index contributed by atoms with van der Waals surface area (Å²) in [7, 11) is 0. The molecule has 1 aromatic carbocycles. The van der Waals surface area contributed by atoms with E-state index in [0.717, 1.165) is 49.3 Å². The summed E-state index contributed by atoms with van der Waals surface area (Å²) in [6.07, 6.45) is 1.79. The van der Waals surface area contributed by atoms with Gasteiger partial charge in [-0.15, -0.1) is 10.2 Å². The number of nitrogens with one attached hydrogen (secondary N) is 1. The molecule has 1 saturated heterocycles. The number of carbonyl (C=O) groups is 1. The van der Waals surface area contributed by atoms with Crippen molar-refractivity contribution >= 4 is 29.3 Å². The van der Waals surface area contributed by atoms with Crippen molar-refractivity contribution in [2.45, 2.75) is 45.3 Å². The Morgan fingerprint density at radius 1 is 1.14 bits per heavy atom. The van der Waals surface area contributed by atoms with Gasteiger partial charge in [0.1, 0.15) is 0 Å². The number of benzene rings is 1. The van der Waals surface area contributed by atoms with Crippen molar-refractivity contribution in [2.75, 3.05) is 42.3 Å². The van der Waals surface area contributed by atoms with Crippen LogP contribution in [0.25, 0.3) is 0 Å². The third-order valence-electron chi connectivity index (χ3n) is 4.90. The zero-order valence-electron chi connectivity index (χ0n) is 16.9. The highest BCUT2D eigenvalue weighted by Gasteiger charge is 2.20. The van der Waals surface area contributed by atoms with E-state index < -0.39 is 0 Å². The molecule has 1 amide bonds. The van der Waals surface area contributed by atoms with E-state index >= 15 is 0 Å². The van der Waals surface area contributed by atoms with Gasteiger partial charge in [0.05, 0.1) is 19.0 Å². The van der Waals surface area contributed by atoms with Gasteiger partial charge >= 0.3 is 0 Å². The van der Waals surface area contributed by atoms with Crippen molar-refractivity contribution in [3.8, 4) is 0 Å². The predicted molar refractivity (Wildman–Crippen MR) is 113 cm³/mol. The van der Waals surface area contributed by atoms with E-state index in [1.807, 2.05) is 0 Å². The number of nitrogens with zero attached hydrogens (tertiary/aromatic N) is 4. The van der Waals surface area contributed by atoms with Crippen LogP contribution < -0.4 is 10.2 Å². The first-order valence-corrected chi connectivity index (χ1v) is 11.0. The first-order chi connectivity index (χ1) is 13.7. The molecule has 0 atom stereocenters. The first kappa shape index (κ1) is 20.7. The molecule has 0 bridgehead atoms. The molecular formula is C20H29N5O2S. The topological polar surface area (TPSA) is 72.3 Å². The number of para-hydroxylation sites is 1. The molecule has 1 aliphatic heterocycles. The summed E-state index contributed by atoms with van der Waals surface area (Å²) in [6.45, 7) is 10.1. The van der Waals surface area contributed by atoms with Crippen LogP contribution in [0.15, 0.2) is 23.4 Å².